The predicted octanol–water partition coefficient (Wildman–Crippen LogP) is 1.84. The van der Waals surface area contributed by atoms with Crippen LogP contribution in [-0.4, -0.2) is 27.6 Å². The third kappa shape index (κ3) is 1.42. The number of carbonyl (C=O) groups is 1. The van der Waals surface area contributed by atoms with Crippen molar-refractivity contribution in [2.75, 3.05) is 0 Å². The second kappa shape index (κ2) is 3.29. The van der Waals surface area contributed by atoms with Crippen molar-refractivity contribution >= 4 is 22.0 Å². The number of ether oxygens (including phenoxy) is 1. The molecule has 1 saturated carbocycles. The number of hydrogen-bond donors (Lipinski definition) is 0. The molecule has 1 saturated heterocycles. The summed E-state index contributed by atoms with van der Waals surface area (Å²) >= 11 is 3.13. The van der Waals surface area contributed by atoms with E-state index in [4.69, 9.17) is 4.74 Å². The topological polar surface area (TPSA) is 26.3 Å². The zero-order valence-corrected chi connectivity index (χ0v) is 9.63. The second-order valence-electron chi connectivity index (χ2n) is 4.26. The Bertz CT molecular complexity index is 221. The van der Waals surface area contributed by atoms with Crippen LogP contribution >= 0.6 is 0 Å². The summed E-state index contributed by atoms with van der Waals surface area (Å²) in [6.45, 7) is 1.97. The van der Waals surface area contributed by atoms with Crippen molar-refractivity contribution in [1.29, 1.82) is 0 Å². The number of esters is 1. The molecule has 0 N–H and O–H groups in total. The zero-order chi connectivity index (χ0) is 9.47. The van der Waals surface area contributed by atoms with Gasteiger partial charge in [-0.15, -0.1) is 0 Å². The van der Waals surface area contributed by atoms with Crippen molar-refractivity contribution < 1.29 is 9.53 Å². The van der Waals surface area contributed by atoms with Crippen LogP contribution in [0.25, 0.3) is 0 Å². The van der Waals surface area contributed by atoms with Gasteiger partial charge in [-0.05, 0) is 0 Å². The molecule has 2 unspecified atom stereocenters. The van der Waals surface area contributed by atoms with Crippen molar-refractivity contribution in [3.63, 3.8) is 0 Å². The fraction of sp³-hybridized carbons (Fsp3) is 0.900. The van der Waals surface area contributed by atoms with Crippen molar-refractivity contribution in [2.45, 2.75) is 49.4 Å². The Morgan fingerprint density at radius 1 is 1.38 bits per heavy atom. The van der Waals surface area contributed by atoms with E-state index in [1.807, 2.05) is 6.92 Å². The van der Waals surface area contributed by atoms with E-state index in [0.29, 0.717) is 4.82 Å². The van der Waals surface area contributed by atoms with Crippen molar-refractivity contribution in [1.82, 2.24) is 0 Å². The van der Waals surface area contributed by atoms with Crippen LogP contribution in [0, 0.1) is 5.92 Å². The maximum absolute atomic E-state index is 11.4. The molecule has 2 atom stereocenters. The quantitative estimate of drug-likeness (QED) is 0.481. The fourth-order valence-corrected chi connectivity index (χ4v) is 3.30. The van der Waals surface area contributed by atoms with Gasteiger partial charge in [0.2, 0.25) is 0 Å². The first-order valence-corrected chi connectivity index (χ1v) is 6.03. The molecule has 0 amide bonds. The molecule has 0 aromatic heterocycles. The molecule has 13 heavy (non-hydrogen) atoms. The van der Waals surface area contributed by atoms with Crippen molar-refractivity contribution in [3.05, 3.63) is 0 Å². The molecule has 73 valence electrons. The molecule has 1 aliphatic heterocycles. The van der Waals surface area contributed by atoms with Crippen LogP contribution in [0.1, 0.15) is 39.0 Å². The summed E-state index contributed by atoms with van der Waals surface area (Å²) in [7, 11) is 0. The monoisotopic (exact) mass is 247 g/mol. The van der Waals surface area contributed by atoms with E-state index in [1.165, 1.54) is 19.3 Å². The molecule has 1 heterocycles. The third-order valence-electron chi connectivity index (χ3n) is 3.35. The molecule has 2 nitrogen and oxygen atoms in total. The first kappa shape index (κ1) is 9.54. The maximum atomic E-state index is 11.4. The summed E-state index contributed by atoms with van der Waals surface area (Å²) in [6.07, 6.45) is 5.82. The molecule has 0 aromatic rings. The molecular formula is C10H15O2Se. The van der Waals surface area contributed by atoms with Gasteiger partial charge in [-0.25, -0.2) is 0 Å². The number of hydrogen-bond acceptors (Lipinski definition) is 2. The summed E-state index contributed by atoms with van der Waals surface area (Å²) in [4.78, 5) is 11.7. The van der Waals surface area contributed by atoms with Crippen LogP contribution < -0.4 is 0 Å². The summed E-state index contributed by atoms with van der Waals surface area (Å²) in [5.74, 6) is 0.0451. The van der Waals surface area contributed by atoms with Crippen molar-refractivity contribution in [3.8, 4) is 0 Å². The van der Waals surface area contributed by atoms with Crippen LogP contribution in [0.3, 0.4) is 0 Å². The van der Waals surface area contributed by atoms with Gasteiger partial charge in [0.15, 0.2) is 0 Å². The van der Waals surface area contributed by atoms with Crippen LogP contribution in [0.2, 0.25) is 4.82 Å². The fourth-order valence-electron chi connectivity index (χ4n) is 2.47. The average molecular weight is 246 g/mol. The first-order chi connectivity index (χ1) is 6.16. The Morgan fingerprint density at radius 3 is 2.46 bits per heavy atom. The Morgan fingerprint density at radius 2 is 2.00 bits per heavy atom. The molecule has 2 rings (SSSR count). The van der Waals surface area contributed by atoms with Gasteiger partial charge in [0.25, 0.3) is 0 Å². The predicted molar refractivity (Wildman–Crippen MR) is 50.6 cm³/mol. The SMILES string of the molecule is CC1C(=O)OC2(CCCCC2)C1[Se]. The summed E-state index contributed by atoms with van der Waals surface area (Å²) < 4.78 is 5.54. The molecule has 0 aromatic carbocycles. The minimum atomic E-state index is -0.130. The zero-order valence-electron chi connectivity index (χ0n) is 7.91. The first-order valence-electron chi connectivity index (χ1n) is 5.04. The third-order valence-corrected chi connectivity index (χ3v) is 5.11. The van der Waals surface area contributed by atoms with Crippen LogP contribution in [0.5, 0.6) is 0 Å². The molecular weight excluding hydrogens is 231 g/mol. The van der Waals surface area contributed by atoms with E-state index in [0.717, 1.165) is 12.8 Å². The van der Waals surface area contributed by atoms with Crippen LogP contribution in [0.15, 0.2) is 0 Å². The van der Waals surface area contributed by atoms with Gasteiger partial charge in [0.05, 0.1) is 0 Å². The Kier molecular flexibility index (Phi) is 2.41. The van der Waals surface area contributed by atoms with E-state index >= 15 is 0 Å². The second-order valence-corrected chi connectivity index (χ2v) is 5.32. The Labute approximate surface area is 87.2 Å². The standard InChI is InChI=1S/C10H15O2Se/c1-7-8(13)10(12-9(7)11)5-3-2-4-6-10/h7-8H,2-6H2,1H3. The molecule has 1 aliphatic carbocycles. The number of rotatable bonds is 0. The minimum absolute atomic E-state index is 0.00866. The van der Waals surface area contributed by atoms with E-state index < -0.39 is 0 Å². The summed E-state index contributed by atoms with van der Waals surface area (Å²) in [6, 6.07) is 0. The number of carbonyl (C=O) groups excluding carboxylic acids is 1. The van der Waals surface area contributed by atoms with E-state index in [2.05, 4.69) is 16.0 Å². The molecule has 2 fully saturated rings. The molecule has 1 spiro atoms. The summed E-state index contributed by atoms with van der Waals surface area (Å²) in [5, 5.41) is 0. The van der Waals surface area contributed by atoms with Gasteiger partial charge in [-0.1, -0.05) is 0 Å². The molecule has 2 aliphatic rings. The van der Waals surface area contributed by atoms with Gasteiger partial charge in [0, 0.05) is 0 Å². The molecule has 3 heteroatoms. The van der Waals surface area contributed by atoms with E-state index in [1.54, 1.807) is 0 Å². The van der Waals surface area contributed by atoms with Gasteiger partial charge >= 0.3 is 86.9 Å². The molecule has 1 radical (unpaired) electrons. The van der Waals surface area contributed by atoms with Crippen LogP contribution in [0.4, 0.5) is 0 Å². The van der Waals surface area contributed by atoms with Gasteiger partial charge < -0.3 is 0 Å². The van der Waals surface area contributed by atoms with E-state index in [9.17, 15) is 4.79 Å². The van der Waals surface area contributed by atoms with Crippen LogP contribution in [-0.2, 0) is 9.53 Å². The van der Waals surface area contributed by atoms with Gasteiger partial charge in [-0.2, -0.15) is 0 Å². The molecule has 0 bridgehead atoms. The Hall–Kier alpha value is -0.0105. The average Bonchev–Trinajstić information content (AvgIpc) is 2.33. The van der Waals surface area contributed by atoms with Gasteiger partial charge in [0.1, 0.15) is 0 Å². The van der Waals surface area contributed by atoms with E-state index in [-0.39, 0.29) is 17.5 Å². The Balaban J connectivity index is 2.18. The normalized spacial score (nSPS) is 37.8. The van der Waals surface area contributed by atoms with Crippen molar-refractivity contribution in [2.24, 2.45) is 5.92 Å². The summed E-state index contributed by atoms with van der Waals surface area (Å²) in [5.41, 5.74) is -0.130. The van der Waals surface area contributed by atoms with Gasteiger partial charge in [-0.3, -0.25) is 0 Å².